The van der Waals surface area contributed by atoms with Gasteiger partial charge in [-0.2, -0.15) is 0 Å². The molecule has 0 radical (unpaired) electrons. The maximum atomic E-state index is 2.48. The summed E-state index contributed by atoms with van der Waals surface area (Å²) in [5.41, 5.74) is 16.4. The minimum atomic E-state index is -0.327. The number of allylic oxidation sites excluding steroid dienone is 4. The van der Waals surface area contributed by atoms with Crippen molar-refractivity contribution in [1.29, 1.82) is 0 Å². The number of fused-ring (bicyclic) bond motifs is 7. The molecule has 0 heteroatoms. The van der Waals surface area contributed by atoms with Crippen LogP contribution in [-0.4, -0.2) is 0 Å². The summed E-state index contributed by atoms with van der Waals surface area (Å²) in [7, 11) is 0. The Kier molecular flexibility index (Phi) is 5.84. The molecule has 0 fully saturated rings. The van der Waals surface area contributed by atoms with Gasteiger partial charge in [-0.25, -0.2) is 0 Å². The van der Waals surface area contributed by atoms with Gasteiger partial charge in [0.05, 0.1) is 5.41 Å². The quantitative estimate of drug-likeness (QED) is 0.265. The lowest BCUT2D eigenvalue weighted by Crippen LogP contribution is -2.27. The van der Waals surface area contributed by atoms with Crippen molar-refractivity contribution < 1.29 is 0 Å². The fraction of sp³-hybridized carbons (Fsp3) is 0.263. The highest BCUT2D eigenvalue weighted by Gasteiger charge is 2.52. The highest BCUT2D eigenvalue weighted by Crippen LogP contribution is 2.64. The maximum Gasteiger partial charge on any atom is 0.0728 e. The highest BCUT2D eigenvalue weighted by atomic mass is 14.5. The molecular weight excluding hydrogens is 456 g/mol. The van der Waals surface area contributed by atoms with Crippen LogP contribution in [0.1, 0.15) is 81.3 Å². The van der Waals surface area contributed by atoms with Gasteiger partial charge in [-0.3, -0.25) is 0 Å². The van der Waals surface area contributed by atoms with E-state index in [2.05, 4.69) is 139 Å². The number of benzene rings is 4. The van der Waals surface area contributed by atoms with E-state index in [-0.39, 0.29) is 10.8 Å². The van der Waals surface area contributed by atoms with Crippen LogP contribution in [0, 0.1) is 0 Å². The predicted molar refractivity (Wildman–Crippen MR) is 164 cm³/mol. The Morgan fingerprint density at radius 1 is 0.711 bits per heavy atom. The van der Waals surface area contributed by atoms with Crippen LogP contribution in [0.15, 0.2) is 103 Å². The van der Waals surface area contributed by atoms with Crippen LogP contribution in [-0.2, 0) is 17.3 Å². The van der Waals surface area contributed by atoms with E-state index < -0.39 is 0 Å². The number of hydrogen-bond donors (Lipinski definition) is 0. The van der Waals surface area contributed by atoms with E-state index in [4.69, 9.17) is 0 Å². The zero-order valence-electron chi connectivity index (χ0n) is 23.7. The highest BCUT2D eigenvalue weighted by molar-refractivity contribution is 5.99. The van der Waals surface area contributed by atoms with Gasteiger partial charge in [0, 0.05) is 0 Å². The predicted octanol–water partition coefficient (Wildman–Crippen LogP) is 10.3. The molecule has 1 unspecified atom stereocenters. The van der Waals surface area contributed by atoms with E-state index in [0.29, 0.717) is 0 Å². The molecule has 0 aliphatic heterocycles. The third-order valence-electron chi connectivity index (χ3n) is 8.73. The van der Waals surface area contributed by atoms with Crippen LogP contribution in [0.3, 0.4) is 0 Å². The lowest BCUT2D eigenvalue weighted by atomic mass is 9.67. The van der Waals surface area contributed by atoms with Crippen LogP contribution in [0.4, 0.5) is 0 Å². The first-order valence-corrected chi connectivity index (χ1v) is 14.2. The largest absolute Gasteiger partial charge is 0.0845 e. The van der Waals surface area contributed by atoms with Crippen molar-refractivity contribution in [3.63, 3.8) is 0 Å². The van der Waals surface area contributed by atoms with Crippen LogP contribution in [0.5, 0.6) is 0 Å². The Morgan fingerprint density at radius 2 is 1.42 bits per heavy atom. The molecule has 1 atom stereocenters. The summed E-state index contributed by atoms with van der Waals surface area (Å²) in [5, 5.41) is 0. The van der Waals surface area contributed by atoms with E-state index in [1.54, 1.807) is 0 Å². The molecule has 2 aliphatic rings. The standard InChI is InChI=1S/C38H38/c1-7-9-19-33-25(3)29-16-10-11-20-34(29)38(33)35-22-21-28(37(4,5)6)24-32(35)31-18-13-17-30(36(31)38)27-15-12-14-26(8-2)23-27/h9-24H,7-8H2,1-6H3/b19-9-. The van der Waals surface area contributed by atoms with Gasteiger partial charge in [-0.1, -0.05) is 132 Å². The number of hydrogen-bond acceptors (Lipinski definition) is 0. The van der Waals surface area contributed by atoms with Gasteiger partial charge in [0.2, 0.25) is 0 Å². The lowest BCUT2D eigenvalue weighted by molar-refractivity contribution is 0.590. The van der Waals surface area contributed by atoms with Crippen molar-refractivity contribution >= 4 is 5.57 Å². The van der Waals surface area contributed by atoms with Crippen LogP contribution in [0.2, 0.25) is 0 Å². The van der Waals surface area contributed by atoms with Crippen molar-refractivity contribution in [2.45, 2.75) is 65.2 Å². The fourth-order valence-corrected chi connectivity index (χ4v) is 6.83. The topological polar surface area (TPSA) is 0 Å². The van der Waals surface area contributed by atoms with Crippen LogP contribution in [0.25, 0.3) is 27.8 Å². The zero-order chi connectivity index (χ0) is 26.7. The third kappa shape index (κ3) is 3.43. The average Bonchev–Trinajstić information content (AvgIpc) is 3.36. The molecule has 4 aromatic carbocycles. The minimum Gasteiger partial charge on any atom is -0.0845 e. The molecule has 190 valence electrons. The van der Waals surface area contributed by atoms with E-state index in [1.807, 2.05) is 0 Å². The summed E-state index contributed by atoms with van der Waals surface area (Å²) in [6, 6.07) is 32.5. The van der Waals surface area contributed by atoms with E-state index in [0.717, 1.165) is 12.8 Å². The molecule has 0 heterocycles. The molecule has 0 bridgehead atoms. The monoisotopic (exact) mass is 494 g/mol. The van der Waals surface area contributed by atoms with E-state index in [1.165, 1.54) is 66.8 Å². The van der Waals surface area contributed by atoms with E-state index >= 15 is 0 Å². The first kappa shape index (κ1) is 24.7. The second kappa shape index (κ2) is 8.98. The van der Waals surface area contributed by atoms with Crippen LogP contribution >= 0.6 is 0 Å². The summed E-state index contributed by atoms with van der Waals surface area (Å²) in [4.78, 5) is 0. The number of rotatable bonds is 4. The van der Waals surface area contributed by atoms with Gasteiger partial charge in [0.25, 0.3) is 0 Å². The first-order valence-electron chi connectivity index (χ1n) is 14.2. The molecule has 4 aromatic rings. The van der Waals surface area contributed by atoms with Gasteiger partial charge >= 0.3 is 0 Å². The Balaban J connectivity index is 1.79. The molecule has 0 aromatic heterocycles. The van der Waals surface area contributed by atoms with Crippen molar-refractivity contribution in [3.05, 3.63) is 136 Å². The Labute approximate surface area is 228 Å². The Hall–Kier alpha value is -3.64. The van der Waals surface area contributed by atoms with Crippen molar-refractivity contribution in [3.8, 4) is 22.3 Å². The zero-order valence-corrected chi connectivity index (χ0v) is 23.7. The summed E-state index contributed by atoms with van der Waals surface area (Å²) < 4.78 is 0. The molecular formula is C38H38. The lowest BCUT2D eigenvalue weighted by Gasteiger charge is -2.33. The molecule has 0 saturated heterocycles. The molecule has 0 nitrogen and oxygen atoms in total. The molecule has 1 spiro atoms. The molecule has 6 rings (SSSR count). The SMILES string of the molecule is CC/C=C\C1=C(C)c2ccccc2C12c1ccc(C(C)(C)C)cc1-c1cccc(-c3cccc(CC)c3)c12. The molecule has 0 amide bonds. The van der Waals surface area contributed by atoms with E-state index in [9.17, 15) is 0 Å². The summed E-state index contributed by atoms with van der Waals surface area (Å²) in [5.74, 6) is 0. The normalized spacial score (nSPS) is 17.8. The van der Waals surface area contributed by atoms with Gasteiger partial charge in [0.15, 0.2) is 0 Å². The van der Waals surface area contributed by atoms with Gasteiger partial charge < -0.3 is 0 Å². The molecule has 38 heavy (non-hydrogen) atoms. The first-order chi connectivity index (χ1) is 18.3. The average molecular weight is 495 g/mol. The summed E-state index contributed by atoms with van der Waals surface area (Å²) in [6.45, 7) is 13.7. The summed E-state index contributed by atoms with van der Waals surface area (Å²) in [6.07, 6.45) is 6.82. The van der Waals surface area contributed by atoms with Gasteiger partial charge in [-0.15, -0.1) is 0 Å². The van der Waals surface area contributed by atoms with Crippen LogP contribution < -0.4 is 0 Å². The Bertz CT molecular complexity index is 1620. The molecule has 2 aliphatic carbocycles. The second-order valence-electron chi connectivity index (χ2n) is 11.9. The van der Waals surface area contributed by atoms with Gasteiger partial charge in [-0.05, 0) is 92.0 Å². The smallest absolute Gasteiger partial charge is 0.0728 e. The maximum absolute atomic E-state index is 2.48. The van der Waals surface area contributed by atoms with Crippen molar-refractivity contribution in [1.82, 2.24) is 0 Å². The number of aryl methyl sites for hydroxylation is 1. The third-order valence-corrected chi connectivity index (χ3v) is 8.73. The molecule has 0 saturated carbocycles. The summed E-state index contributed by atoms with van der Waals surface area (Å²) >= 11 is 0. The van der Waals surface area contributed by atoms with Gasteiger partial charge in [0.1, 0.15) is 0 Å². The second-order valence-corrected chi connectivity index (χ2v) is 11.9. The fourth-order valence-electron chi connectivity index (χ4n) is 6.83. The van der Waals surface area contributed by atoms with Crippen molar-refractivity contribution in [2.75, 3.05) is 0 Å². The molecule has 0 N–H and O–H groups in total. The van der Waals surface area contributed by atoms with Crippen molar-refractivity contribution in [2.24, 2.45) is 0 Å². The minimum absolute atomic E-state index is 0.0856. The Morgan fingerprint density at radius 3 is 2.18 bits per heavy atom.